The quantitative estimate of drug-likeness (QED) is 0.768. The van der Waals surface area contributed by atoms with Gasteiger partial charge in [-0.25, -0.2) is 0 Å². The van der Waals surface area contributed by atoms with Crippen LogP contribution >= 0.6 is 11.6 Å². The summed E-state index contributed by atoms with van der Waals surface area (Å²) in [5.74, 6) is 0. The van der Waals surface area contributed by atoms with Crippen molar-refractivity contribution in [3.63, 3.8) is 0 Å². The second-order valence-corrected chi connectivity index (χ2v) is 6.41. The molecular weight excluding hydrogens is 264 g/mol. The molecule has 3 unspecified atom stereocenters. The van der Waals surface area contributed by atoms with E-state index in [1.54, 1.807) is 0 Å². The van der Waals surface area contributed by atoms with Crippen LogP contribution in [0.5, 0.6) is 0 Å². The highest BCUT2D eigenvalue weighted by atomic mass is 35.5. The van der Waals surface area contributed by atoms with Gasteiger partial charge in [0.25, 0.3) is 0 Å². The number of halogens is 1. The molecule has 0 aliphatic carbocycles. The van der Waals surface area contributed by atoms with Gasteiger partial charge in [-0.05, 0) is 24.6 Å². The van der Waals surface area contributed by atoms with Crippen molar-refractivity contribution in [3.05, 3.63) is 66.2 Å². The molecule has 0 aliphatic heterocycles. The molecule has 2 rings (SSSR count). The lowest BCUT2D eigenvalue weighted by atomic mass is 10.1. The molecule has 0 N–H and O–H groups in total. The van der Waals surface area contributed by atoms with Gasteiger partial charge in [0, 0.05) is 4.90 Å². The average molecular weight is 279 g/mol. The molecule has 94 valence electrons. The third kappa shape index (κ3) is 3.01. The third-order valence-electron chi connectivity index (χ3n) is 2.84. The number of rotatable bonds is 4. The SMILES string of the molecule is CC(C(Cl)c1ccccc1)S(=O)c1ccccc1. The van der Waals surface area contributed by atoms with E-state index in [1.165, 1.54) is 0 Å². The van der Waals surface area contributed by atoms with Crippen LogP contribution in [0.25, 0.3) is 0 Å². The molecule has 0 spiro atoms. The fourth-order valence-electron chi connectivity index (χ4n) is 1.79. The number of hydrogen-bond acceptors (Lipinski definition) is 1. The van der Waals surface area contributed by atoms with Crippen molar-refractivity contribution in [2.75, 3.05) is 0 Å². The average Bonchev–Trinajstić information content (AvgIpc) is 2.47. The highest BCUT2D eigenvalue weighted by Gasteiger charge is 2.23. The normalized spacial score (nSPS) is 15.9. The maximum atomic E-state index is 12.4. The predicted octanol–water partition coefficient (Wildman–Crippen LogP) is 4.16. The van der Waals surface area contributed by atoms with Crippen molar-refractivity contribution in [2.24, 2.45) is 0 Å². The maximum Gasteiger partial charge on any atom is 0.0729 e. The Balaban J connectivity index is 2.17. The summed E-state index contributed by atoms with van der Waals surface area (Å²) >= 11 is 6.41. The summed E-state index contributed by atoms with van der Waals surface area (Å²) in [5.41, 5.74) is 1.01. The first-order valence-corrected chi connectivity index (χ1v) is 7.49. The Labute approximate surface area is 115 Å². The van der Waals surface area contributed by atoms with Gasteiger partial charge in [0.2, 0.25) is 0 Å². The Morgan fingerprint density at radius 1 is 0.944 bits per heavy atom. The molecule has 0 aliphatic rings. The monoisotopic (exact) mass is 278 g/mol. The van der Waals surface area contributed by atoms with Crippen LogP contribution in [0, 0.1) is 0 Å². The first-order valence-electron chi connectivity index (χ1n) is 5.85. The summed E-state index contributed by atoms with van der Waals surface area (Å²) in [6, 6.07) is 19.2. The van der Waals surface area contributed by atoms with Gasteiger partial charge < -0.3 is 0 Å². The van der Waals surface area contributed by atoms with Gasteiger partial charge in [-0.1, -0.05) is 48.5 Å². The molecule has 3 atom stereocenters. The van der Waals surface area contributed by atoms with Crippen LogP contribution in [0.3, 0.4) is 0 Å². The zero-order valence-corrected chi connectivity index (χ0v) is 11.7. The van der Waals surface area contributed by atoms with E-state index in [9.17, 15) is 4.21 Å². The van der Waals surface area contributed by atoms with Crippen LogP contribution < -0.4 is 0 Å². The van der Waals surface area contributed by atoms with Gasteiger partial charge >= 0.3 is 0 Å². The maximum absolute atomic E-state index is 12.4. The molecule has 2 aromatic rings. The topological polar surface area (TPSA) is 17.1 Å². The van der Waals surface area contributed by atoms with Crippen LogP contribution in [0.4, 0.5) is 0 Å². The Morgan fingerprint density at radius 3 is 2.00 bits per heavy atom. The molecule has 2 aromatic carbocycles. The van der Waals surface area contributed by atoms with Gasteiger partial charge in [0.15, 0.2) is 0 Å². The van der Waals surface area contributed by atoms with Crippen molar-refractivity contribution in [2.45, 2.75) is 22.4 Å². The first kappa shape index (κ1) is 13.3. The van der Waals surface area contributed by atoms with Crippen molar-refractivity contribution in [1.29, 1.82) is 0 Å². The molecular formula is C15H15ClOS. The van der Waals surface area contributed by atoms with Crippen LogP contribution in [0.15, 0.2) is 65.6 Å². The second kappa shape index (κ2) is 6.17. The highest BCUT2D eigenvalue weighted by Crippen LogP contribution is 2.29. The van der Waals surface area contributed by atoms with Crippen LogP contribution in [-0.4, -0.2) is 9.46 Å². The van der Waals surface area contributed by atoms with Crippen LogP contribution in [0.1, 0.15) is 17.9 Å². The van der Waals surface area contributed by atoms with Crippen LogP contribution in [-0.2, 0) is 10.8 Å². The smallest absolute Gasteiger partial charge is 0.0729 e. The number of benzene rings is 2. The minimum atomic E-state index is -1.09. The minimum Gasteiger partial charge on any atom is -0.254 e. The summed E-state index contributed by atoms with van der Waals surface area (Å²) in [4.78, 5) is 0.826. The Bertz CT molecular complexity index is 513. The Morgan fingerprint density at radius 2 is 1.44 bits per heavy atom. The molecule has 0 heterocycles. The van der Waals surface area contributed by atoms with E-state index in [1.807, 2.05) is 67.6 Å². The number of hydrogen-bond donors (Lipinski definition) is 0. The zero-order valence-electron chi connectivity index (χ0n) is 10.1. The van der Waals surface area contributed by atoms with E-state index in [-0.39, 0.29) is 10.6 Å². The molecule has 0 amide bonds. The standard InChI is InChI=1S/C15H15ClOS/c1-12(15(16)13-8-4-2-5-9-13)18(17)14-10-6-3-7-11-14/h2-12,15H,1H3. The lowest BCUT2D eigenvalue weighted by Crippen LogP contribution is -2.17. The summed E-state index contributed by atoms with van der Waals surface area (Å²) in [5, 5.41) is -0.372. The predicted molar refractivity (Wildman–Crippen MR) is 77.3 cm³/mol. The van der Waals surface area contributed by atoms with Gasteiger partial charge in [-0.3, -0.25) is 4.21 Å². The van der Waals surface area contributed by atoms with Crippen molar-refractivity contribution in [1.82, 2.24) is 0 Å². The summed E-state index contributed by atoms with van der Waals surface area (Å²) in [6.07, 6.45) is 0. The lowest BCUT2D eigenvalue weighted by Gasteiger charge is -2.18. The van der Waals surface area contributed by atoms with Gasteiger partial charge in [0.05, 0.1) is 21.4 Å². The third-order valence-corrected chi connectivity index (χ3v) is 5.31. The molecule has 0 bridgehead atoms. The van der Waals surface area contributed by atoms with Crippen LogP contribution in [0.2, 0.25) is 0 Å². The van der Waals surface area contributed by atoms with Crippen molar-refractivity contribution in [3.8, 4) is 0 Å². The fourth-order valence-corrected chi connectivity index (χ4v) is 3.44. The van der Waals surface area contributed by atoms with E-state index < -0.39 is 10.8 Å². The molecule has 0 fully saturated rings. The first-order chi connectivity index (χ1) is 8.70. The lowest BCUT2D eigenvalue weighted by molar-refractivity contribution is 0.670. The molecule has 0 saturated heterocycles. The minimum absolute atomic E-state index is 0.128. The van der Waals surface area contributed by atoms with Gasteiger partial charge in [-0.2, -0.15) is 0 Å². The van der Waals surface area contributed by atoms with E-state index in [0.29, 0.717) is 0 Å². The van der Waals surface area contributed by atoms with E-state index in [0.717, 1.165) is 10.5 Å². The van der Waals surface area contributed by atoms with Gasteiger partial charge in [-0.15, -0.1) is 11.6 Å². The van der Waals surface area contributed by atoms with E-state index in [2.05, 4.69) is 0 Å². The highest BCUT2D eigenvalue weighted by molar-refractivity contribution is 7.85. The molecule has 18 heavy (non-hydrogen) atoms. The summed E-state index contributed by atoms with van der Waals surface area (Å²) in [7, 11) is -1.09. The zero-order chi connectivity index (χ0) is 13.0. The van der Waals surface area contributed by atoms with E-state index in [4.69, 9.17) is 11.6 Å². The van der Waals surface area contributed by atoms with Gasteiger partial charge in [0.1, 0.15) is 0 Å². The molecule has 0 radical (unpaired) electrons. The van der Waals surface area contributed by atoms with Crippen molar-refractivity contribution >= 4 is 22.4 Å². The van der Waals surface area contributed by atoms with Crippen molar-refractivity contribution < 1.29 is 4.21 Å². The second-order valence-electron chi connectivity index (χ2n) is 4.13. The largest absolute Gasteiger partial charge is 0.254 e. The Kier molecular flexibility index (Phi) is 4.56. The molecule has 0 aromatic heterocycles. The molecule has 0 saturated carbocycles. The summed E-state index contributed by atoms with van der Waals surface area (Å²) < 4.78 is 12.4. The van der Waals surface area contributed by atoms with E-state index >= 15 is 0 Å². The fraction of sp³-hybridized carbons (Fsp3) is 0.200. The molecule has 1 nitrogen and oxygen atoms in total. The summed E-state index contributed by atoms with van der Waals surface area (Å²) in [6.45, 7) is 1.92. The number of alkyl halides is 1. The molecule has 3 heteroatoms. The Hall–Kier alpha value is -1.12.